The number of nitrogens with two attached hydrogens (primary N) is 1. The molecular weight excluding hydrogens is 258 g/mol. The first-order valence-electron chi connectivity index (χ1n) is 7.57. The van der Waals surface area contributed by atoms with Crippen molar-refractivity contribution in [3.05, 3.63) is 53.6 Å². The molecule has 0 aliphatic carbocycles. The Labute approximate surface area is 127 Å². The fraction of sp³-hybridized carbons (Fsp3) is 0.333. The Morgan fingerprint density at radius 1 is 0.810 bits per heavy atom. The van der Waals surface area contributed by atoms with Crippen LogP contribution in [0.25, 0.3) is 0 Å². The maximum atomic E-state index is 6.21. The molecule has 2 aromatic rings. The highest BCUT2D eigenvalue weighted by molar-refractivity contribution is 5.70. The average Bonchev–Trinajstić information content (AvgIpc) is 2.52. The summed E-state index contributed by atoms with van der Waals surface area (Å²) in [5.41, 5.74) is 12.2. The Morgan fingerprint density at radius 2 is 1.38 bits per heavy atom. The maximum Gasteiger partial charge on any atom is 0.0604 e. The molecule has 1 saturated heterocycles. The van der Waals surface area contributed by atoms with Gasteiger partial charge in [-0.3, -0.25) is 0 Å². The fourth-order valence-corrected chi connectivity index (χ4v) is 2.94. The van der Waals surface area contributed by atoms with E-state index in [-0.39, 0.29) is 0 Å². The number of rotatable bonds is 2. The predicted molar refractivity (Wildman–Crippen MR) is 91.2 cm³/mol. The van der Waals surface area contributed by atoms with Gasteiger partial charge in [-0.25, -0.2) is 0 Å². The molecule has 3 nitrogen and oxygen atoms in total. The van der Waals surface area contributed by atoms with Crippen LogP contribution in [0.3, 0.4) is 0 Å². The van der Waals surface area contributed by atoms with Gasteiger partial charge in [-0.2, -0.15) is 0 Å². The zero-order valence-electron chi connectivity index (χ0n) is 12.8. The molecular formula is C18H23N3. The van der Waals surface area contributed by atoms with Crippen LogP contribution in [0.5, 0.6) is 0 Å². The number of aryl methyl sites for hydroxylation is 2. The van der Waals surface area contributed by atoms with Crippen molar-refractivity contribution in [3.8, 4) is 0 Å². The number of piperazine rings is 1. The Bertz CT molecular complexity index is 614. The summed E-state index contributed by atoms with van der Waals surface area (Å²) in [5.74, 6) is 0. The highest BCUT2D eigenvalue weighted by Crippen LogP contribution is 2.28. The Balaban J connectivity index is 1.73. The molecule has 0 saturated carbocycles. The zero-order chi connectivity index (χ0) is 14.8. The Kier molecular flexibility index (Phi) is 3.74. The van der Waals surface area contributed by atoms with Crippen LogP contribution in [0.15, 0.2) is 42.5 Å². The number of anilines is 3. The minimum absolute atomic E-state index is 0.895. The second-order valence-corrected chi connectivity index (χ2v) is 5.80. The molecule has 1 aliphatic rings. The van der Waals surface area contributed by atoms with Crippen LogP contribution in [-0.4, -0.2) is 26.2 Å². The number of hydrogen-bond donors (Lipinski definition) is 1. The van der Waals surface area contributed by atoms with E-state index < -0.39 is 0 Å². The van der Waals surface area contributed by atoms with Gasteiger partial charge in [0.2, 0.25) is 0 Å². The number of nitrogen functional groups attached to an aromatic ring is 1. The van der Waals surface area contributed by atoms with Crippen molar-refractivity contribution in [3.63, 3.8) is 0 Å². The summed E-state index contributed by atoms with van der Waals surface area (Å²) in [4.78, 5) is 4.84. The molecule has 2 N–H and O–H groups in total. The lowest BCUT2D eigenvalue weighted by atomic mass is 10.1. The van der Waals surface area contributed by atoms with Gasteiger partial charge in [0.25, 0.3) is 0 Å². The van der Waals surface area contributed by atoms with Gasteiger partial charge in [-0.05, 0) is 49.2 Å². The van der Waals surface area contributed by atoms with E-state index in [1.54, 1.807) is 0 Å². The van der Waals surface area contributed by atoms with Gasteiger partial charge >= 0.3 is 0 Å². The summed E-state index contributed by atoms with van der Waals surface area (Å²) in [6.07, 6.45) is 0. The summed E-state index contributed by atoms with van der Waals surface area (Å²) in [6, 6.07) is 14.9. The highest BCUT2D eigenvalue weighted by Gasteiger charge is 2.19. The lowest BCUT2D eigenvalue weighted by Gasteiger charge is -2.38. The number of nitrogens with zero attached hydrogens (tertiary/aromatic N) is 2. The molecule has 3 heteroatoms. The summed E-state index contributed by atoms with van der Waals surface area (Å²) in [6.45, 7) is 8.37. The van der Waals surface area contributed by atoms with Crippen LogP contribution in [-0.2, 0) is 0 Å². The number of benzene rings is 2. The molecule has 0 unspecified atom stereocenters. The third-order valence-electron chi connectivity index (χ3n) is 4.38. The van der Waals surface area contributed by atoms with E-state index in [4.69, 9.17) is 5.73 Å². The van der Waals surface area contributed by atoms with Gasteiger partial charge in [-0.15, -0.1) is 0 Å². The van der Waals surface area contributed by atoms with E-state index in [1.165, 1.54) is 22.5 Å². The van der Waals surface area contributed by atoms with Gasteiger partial charge in [0, 0.05) is 31.9 Å². The molecule has 0 atom stereocenters. The van der Waals surface area contributed by atoms with Crippen molar-refractivity contribution >= 4 is 17.1 Å². The van der Waals surface area contributed by atoms with Gasteiger partial charge in [0.15, 0.2) is 0 Å². The topological polar surface area (TPSA) is 32.5 Å². The minimum atomic E-state index is 0.895. The Morgan fingerprint density at radius 3 is 2.05 bits per heavy atom. The van der Waals surface area contributed by atoms with Gasteiger partial charge in [0.1, 0.15) is 0 Å². The lowest BCUT2D eigenvalue weighted by Crippen LogP contribution is -2.46. The van der Waals surface area contributed by atoms with E-state index in [9.17, 15) is 0 Å². The van der Waals surface area contributed by atoms with Crippen molar-refractivity contribution in [2.45, 2.75) is 13.8 Å². The van der Waals surface area contributed by atoms with Gasteiger partial charge in [0.05, 0.1) is 11.4 Å². The summed E-state index contributed by atoms with van der Waals surface area (Å²) < 4.78 is 0. The largest absolute Gasteiger partial charge is 0.397 e. The van der Waals surface area contributed by atoms with E-state index in [0.29, 0.717) is 0 Å². The van der Waals surface area contributed by atoms with Gasteiger partial charge < -0.3 is 15.5 Å². The van der Waals surface area contributed by atoms with Crippen molar-refractivity contribution in [1.29, 1.82) is 0 Å². The average molecular weight is 281 g/mol. The van der Waals surface area contributed by atoms with E-state index in [0.717, 1.165) is 31.9 Å². The third kappa shape index (κ3) is 2.82. The van der Waals surface area contributed by atoms with Crippen LogP contribution in [0, 0.1) is 13.8 Å². The molecule has 1 heterocycles. The number of hydrogen-bond acceptors (Lipinski definition) is 3. The number of para-hydroxylation sites is 1. The Hall–Kier alpha value is -2.16. The molecule has 3 rings (SSSR count). The van der Waals surface area contributed by atoms with E-state index in [2.05, 4.69) is 66.1 Å². The molecule has 0 amide bonds. The molecule has 0 aromatic heterocycles. The zero-order valence-corrected chi connectivity index (χ0v) is 12.8. The molecule has 0 spiro atoms. The highest BCUT2D eigenvalue weighted by atomic mass is 15.3. The first-order chi connectivity index (χ1) is 10.1. The maximum absolute atomic E-state index is 6.21. The van der Waals surface area contributed by atoms with Crippen LogP contribution in [0.4, 0.5) is 17.1 Å². The normalized spacial score (nSPS) is 15.3. The molecule has 1 fully saturated rings. The first kappa shape index (κ1) is 13.8. The van der Waals surface area contributed by atoms with Crippen molar-refractivity contribution in [2.24, 2.45) is 0 Å². The molecule has 1 aliphatic heterocycles. The standard InChI is InChI=1S/C18H23N3/c1-14-12-17(19)18(13-15(14)2)21-10-8-20(9-11-21)16-6-4-3-5-7-16/h3-7,12-13H,8-11,19H2,1-2H3. The molecule has 0 bridgehead atoms. The predicted octanol–water partition coefficient (Wildman–Crippen LogP) is 3.21. The van der Waals surface area contributed by atoms with Crippen molar-refractivity contribution < 1.29 is 0 Å². The van der Waals surface area contributed by atoms with Gasteiger partial charge in [-0.1, -0.05) is 18.2 Å². The first-order valence-corrected chi connectivity index (χ1v) is 7.57. The third-order valence-corrected chi connectivity index (χ3v) is 4.38. The van der Waals surface area contributed by atoms with E-state index >= 15 is 0 Å². The minimum Gasteiger partial charge on any atom is -0.397 e. The monoisotopic (exact) mass is 281 g/mol. The fourth-order valence-electron chi connectivity index (χ4n) is 2.94. The second-order valence-electron chi connectivity index (χ2n) is 5.80. The second kappa shape index (κ2) is 5.68. The molecule has 21 heavy (non-hydrogen) atoms. The molecule has 0 radical (unpaired) electrons. The van der Waals surface area contributed by atoms with Crippen LogP contribution in [0.2, 0.25) is 0 Å². The van der Waals surface area contributed by atoms with Crippen LogP contribution >= 0.6 is 0 Å². The SMILES string of the molecule is Cc1cc(N)c(N2CCN(c3ccccc3)CC2)cc1C. The summed E-state index contributed by atoms with van der Waals surface area (Å²) in [5, 5.41) is 0. The molecule has 110 valence electrons. The smallest absolute Gasteiger partial charge is 0.0604 e. The summed E-state index contributed by atoms with van der Waals surface area (Å²) >= 11 is 0. The summed E-state index contributed by atoms with van der Waals surface area (Å²) in [7, 11) is 0. The van der Waals surface area contributed by atoms with Crippen molar-refractivity contribution in [2.75, 3.05) is 41.7 Å². The lowest BCUT2D eigenvalue weighted by molar-refractivity contribution is 0.654. The van der Waals surface area contributed by atoms with E-state index in [1.807, 2.05) is 0 Å². The molecule has 2 aromatic carbocycles. The quantitative estimate of drug-likeness (QED) is 0.858. The van der Waals surface area contributed by atoms with Crippen LogP contribution < -0.4 is 15.5 Å². The van der Waals surface area contributed by atoms with Crippen LogP contribution in [0.1, 0.15) is 11.1 Å². The van der Waals surface area contributed by atoms with Crippen molar-refractivity contribution in [1.82, 2.24) is 0 Å².